The number of carbonyl (C=O) groups is 1. The highest BCUT2D eigenvalue weighted by Crippen LogP contribution is 2.16. The van der Waals surface area contributed by atoms with E-state index in [4.69, 9.17) is 4.74 Å². The Labute approximate surface area is 150 Å². The lowest BCUT2D eigenvalue weighted by molar-refractivity contribution is -0.118. The maximum absolute atomic E-state index is 13.1. The van der Waals surface area contributed by atoms with Gasteiger partial charge in [-0.1, -0.05) is 6.92 Å². The van der Waals surface area contributed by atoms with E-state index in [2.05, 4.69) is 10.0 Å². The van der Waals surface area contributed by atoms with Crippen molar-refractivity contribution in [1.29, 1.82) is 0 Å². The molecular formula is C17H18F2N2O4S. The van der Waals surface area contributed by atoms with E-state index in [1.165, 1.54) is 30.3 Å². The van der Waals surface area contributed by atoms with Crippen molar-refractivity contribution in [3.05, 3.63) is 54.1 Å². The summed E-state index contributed by atoms with van der Waals surface area (Å²) in [5.41, 5.74) is 0.0981. The van der Waals surface area contributed by atoms with Crippen LogP contribution in [0.1, 0.15) is 13.3 Å². The largest absolute Gasteiger partial charge is 0.484 e. The molecule has 0 atom stereocenters. The predicted molar refractivity (Wildman–Crippen MR) is 92.4 cm³/mol. The van der Waals surface area contributed by atoms with Gasteiger partial charge in [0, 0.05) is 18.3 Å². The average Bonchev–Trinajstić information content (AvgIpc) is 2.62. The minimum absolute atomic E-state index is 0.0875. The summed E-state index contributed by atoms with van der Waals surface area (Å²) in [5, 5.41) is 2.36. The van der Waals surface area contributed by atoms with Gasteiger partial charge in [0.05, 0.1) is 4.90 Å². The summed E-state index contributed by atoms with van der Waals surface area (Å²) in [5.74, 6) is -2.36. The van der Waals surface area contributed by atoms with Gasteiger partial charge in [-0.15, -0.1) is 0 Å². The molecule has 0 aliphatic heterocycles. The van der Waals surface area contributed by atoms with Crippen molar-refractivity contribution < 1.29 is 26.7 Å². The molecule has 0 heterocycles. The Bertz CT molecular complexity index is 871. The second-order valence-corrected chi connectivity index (χ2v) is 7.10. The molecule has 0 aliphatic carbocycles. The highest BCUT2D eigenvalue weighted by Gasteiger charge is 2.13. The second-order valence-electron chi connectivity index (χ2n) is 5.33. The lowest BCUT2D eigenvalue weighted by Gasteiger charge is -2.09. The van der Waals surface area contributed by atoms with E-state index < -0.39 is 27.6 Å². The van der Waals surface area contributed by atoms with Crippen molar-refractivity contribution in [1.82, 2.24) is 4.72 Å². The molecule has 0 aliphatic rings. The molecule has 0 saturated heterocycles. The molecule has 6 nitrogen and oxygen atoms in total. The van der Waals surface area contributed by atoms with Crippen molar-refractivity contribution in [2.75, 3.05) is 18.5 Å². The smallest absolute Gasteiger partial charge is 0.262 e. The van der Waals surface area contributed by atoms with Gasteiger partial charge in [-0.3, -0.25) is 4.79 Å². The van der Waals surface area contributed by atoms with Crippen LogP contribution in [-0.2, 0) is 14.8 Å². The topological polar surface area (TPSA) is 84.5 Å². The second kappa shape index (κ2) is 8.72. The Morgan fingerprint density at radius 2 is 1.77 bits per heavy atom. The van der Waals surface area contributed by atoms with Gasteiger partial charge in [0.2, 0.25) is 10.0 Å². The summed E-state index contributed by atoms with van der Waals surface area (Å²) < 4.78 is 57.5. The molecule has 0 radical (unpaired) electrons. The van der Waals surface area contributed by atoms with Crippen LogP contribution in [0.3, 0.4) is 0 Å². The normalized spacial score (nSPS) is 11.2. The Hall–Kier alpha value is -2.52. The van der Waals surface area contributed by atoms with E-state index in [1.54, 1.807) is 0 Å². The quantitative estimate of drug-likeness (QED) is 0.733. The van der Waals surface area contributed by atoms with E-state index in [1.807, 2.05) is 6.92 Å². The van der Waals surface area contributed by atoms with Crippen LogP contribution in [-0.4, -0.2) is 27.5 Å². The molecular weight excluding hydrogens is 366 g/mol. The lowest BCUT2D eigenvalue weighted by atomic mass is 10.3. The molecule has 0 bridgehead atoms. The van der Waals surface area contributed by atoms with Crippen LogP contribution in [0.5, 0.6) is 5.75 Å². The lowest BCUT2D eigenvalue weighted by Crippen LogP contribution is -2.24. The van der Waals surface area contributed by atoms with Crippen LogP contribution >= 0.6 is 0 Å². The van der Waals surface area contributed by atoms with Crippen molar-refractivity contribution >= 4 is 21.6 Å². The number of benzene rings is 2. The Kier molecular flexibility index (Phi) is 6.64. The zero-order chi connectivity index (χ0) is 19.2. The number of carbonyl (C=O) groups excluding carboxylic acids is 1. The summed E-state index contributed by atoms with van der Waals surface area (Å²) >= 11 is 0. The van der Waals surface area contributed by atoms with Crippen LogP contribution < -0.4 is 14.8 Å². The van der Waals surface area contributed by atoms with Gasteiger partial charge in [-0.2, -0.15) is 0 Å². The first kappa shape index (κ1) is 19.8. The van der Waals surface area contributed by atoms with Crippen LogP contribution in [0, 0.1) is 11.6 Å². The van der Waals surface area contributed by atoms with Crippen LogP contribution in [0.15, 0.2) is 47.4 Å². The molecule has 2 aromatic carbocycles. The predicted octanol–water partition coefficient (Wildman–Crippen LogP) is 2.67. The third-order valence-corrected chi connectivity index (χ3v) is 4.73. The van der Waals surface area contributed by atoms with Gasteiger partial charge in [0.15, 0.2) is 18.2 Å². The zero-order valence-electron chi connectivity index (χ0n) is 14.0. The van der Waals surface area contributed by atoms with Crippen LogP contribution in [0.4, 0.5) is 14.5 Å². The summed E-state index contributed by atoms with van der Waals surface area (Å²) in [6.45, 7) is 1.81. The molecule has 0 saturated carbocycles. The van der Waals surface area contributed by atoms with Crippen molar-refractivity contribution in [2.45, 2.75) is 18.2 Å². The fourth-order valence-corrected chi connectivity index (χ4v) is 3.09. The maximum Gasteiger partial charge on any atom is 0.262 e. The Balaban J connectivity index is 1.91. The number of halogens is 2. The van der Waals surface area contributed by atoms with Gasteiger partial charge in [-0.25, -0.2) is 21.9 Å². The number of ether oxygens (including phenoxy) is 1. The van der Waals surface area contributed by atoms with Gasteiger partial charge in [0.1, 0.15) is 5.75 Å². The minimum Gasteiger partial charge on any atom is -0.484 e. The number of nitrogens with one attached hydrogen (secondary N) is 2. The number of amides is 1. The highest BCUT2D eigenvalue weighted by atomic mass is 32.2. The van der Waals surface area contributed by atoms with Crippen molar-refractivity contribution in [2.24, 2.45) is 0 Å². The summed E-state index contributed by atoms with van der Waals surface area (Å²) in [6.07, 6.45) is 0.674. The Morgan fingerprint density at radius 3 is 2.38 bits per heavy atom. The third-order valence-electron chi connectivity index (χ3n) is 3.25. The first-order chi connectivity index (χ1) is 12.3. The molecule has 1 amide bonds. The van der Waals surface area contributed by atoms with Crippen molar-refractivity contribution in [3.8, 4) is 5.75 Å². The van der Waals surface area contributed by atoms with E-state index in [0.717, 1.165) is 12.1 Å². The molecule has 2 N–H and O–H groups in total. The van der Waals surface area contributed by atoms with E-state index >= 15 is 0 Å². The first-order valence-electron chi connectivity index (χ1n) is 7.79. The number of anilines is 1. The van der Waals surface area contributed by atoms with Gasteiger partial charge < -0.3 is 10.1 Å². The number of sulfonamides is 1. The summed E-state index contributed by atoms with van der Waals surface area (Å²) in [4.78, 5) is 11.9. The zero-order valence-corrected chi connectivity index (χ0v) is 14.8. The molecule has 9 heteroatoms. The van der Waals surface area contributed by atoms with Gasteiger partial charge >= 0.3 is 0 Å². The molecule has 2 rings (SSSR count). The van der Waals surface area contributed by atoms with Crippen molar-refractivity contribution in [3.63, 3.8) is 0 Å². The fraction of sp³-hybridized carbons (Fsp3) is 0.235. The SMILES string of the molecule is CCCNS(=O)(=O)c1ccc(OCC(=O)Nc2ccc(F)c(F)c2)cc1. The summed E-state index contributed by atoms with van der Waals surface area (Å²) in [7, 11) is -3.57. The van der Waals surface area contributed by atoms with Gasteiger partial charge in [0.25, 0.3) is 5.91 Å². The number of hydrogen-bond acceptors (Lipinski definition) is 4. The fourth-order valence-electron chi connectivity index (χ4n) is 1.95. The van der Waals surface area contributed by atoms with Gasteiger partial charge in [-0.05, 0) is 42.8 Å². The Morgan fingerprint density at radius 1 is 1.08 bits per heavy atom. The number of hydrogen-bond donors (Lipinski definition) is 2. The molecule has 0 aromatic heterocycles. The van der Waals surface area contributed by atoms with Crippen LogP contribution in [0.2, 0.25) is 0 Å². The average molecular weight is 384 g/mol. The summed E-state index contributed by atoms with van der Waals surface area (Å²) in [6, 6.07) is 8.55. The molecule has 0 fully saturated rings. The monoisotopic (exact) mass is 384 g/mol. The van der Waals surface area contributed by atoms with E-state index in [-0.39, 0.29) is 17.2 Å². The standard InChI is InChI=1S/C17H18F2N2O4S/c1-2-9-20-26(23,24)14-6-4-13(5-7-14)25-11-17(22)21-12-3-8-15(18)16(19)10-12/h3-8,10,20H,2,9,11H2,1H3,(H,21,22). The number of rotatable bonds is 8. The molecule has 140 valence electrons. The molecule has 26 heavy (non-hydrogen) atoms. The van der Waals surface area contributed by atoms with E-state index in [0.29, 0.717) is 18.7 Å². The third kappa shape index (κ3) is 5.50. The maximum atomic E-state index is 13.1. The molecule has 2 aromatic rings. The molecule has 0 unspecified atom stereocenters. The van der Waals surface area contributed by atoms with E-state index in [9.17, 15) is 22.0 Å². The van der Waals surface area contributed by atoms with Crippen LogP contribution in [0.25, 0.3) is 0 Å². The minimum atomic E-state index is -3.57. The first-order valence-corrected chi connectivity index (χ1v) is 9.27. The molecule has 0 spiro atoms. The highest BCUT2D eigenvalue weighted by molar-refractivity contribution is 7.89.